The lowest BCUT2D eigenvalue weighted by Crippen LogP contribution is -2.40. The van der Waals surface area contributed by atoms with Crippen LogP contribution in [-0.2, 0) is 10.0 Å². The van der Waals surface area contributed by atoms with E-state index in [1.807, 2.05) is 40.7 Å². The second-order valence-electron chi connectivity index (χ2n) is 5.10. The van der Waals surface area contributed by atoms with Gasteiger partial charge in [-0.05, 0) is 57.9 Å². The normalized spacial score (nSPS) is 12.8. The monoisotopic (exact) mass is 241 g/mol. The van der Waals surface area contributed by atoms with Crippen LogP contribution in [0.3, 0.4) is 0 Å². The number of benzene rings is 1. The van der Waals surface area contributed by atoms with Crippen molar-refractivity contribution in [2.24, 2.45) is 0 Å². The molecule has 0 unspecified atom stereocenters. The van der Waals surface area contributed by atoms with E-state index in [4.69, 9.17) is 0 Å². The number of sulfonamides is 1. The maximum Gasteiger partial charge on any atom is 0.241 e. The Kier molecular flexibility index (Phi) is 3.45. The fourth-order valence-electron chi connectivity index (χ4n) is 1.34. The van der Waals surface area contributed by atoms with Crippen molar-refractivity contribution in [3.05, 3.63) is 29.3 Å². The lowest BCUT2D eigenvalue weighted by molar-refractivity contribution is 0.491. The van der Waals surface area contributed by atoms with Gasteiger partial charge in [-0.15, -0.1) is 0 Å². The van der Waals surface area contributed by atoms with Crippen molar-refractivity contribution in [2.75, 3.05) is 0 Å². The Morgan fingerprint density at radius 2 is 1.62 bits per heavy atom. The van der Waals surface area contributed by atoms with Crippen molar-refractivity contribution >= 4 is 10.0 Å². The van der Waals surface area contributed by atoms with Crippen LogP contribution in [0.4, 0.5) is 0 Å². The molecule has 0 radical (unpaired) electrons. The van der Waals surface area contributed by atoms with Crippen molar-refractivity contribution in [3.63, 3.8) is 0 Å². The summed E-state index contributed by atoms with van der Waals surface area (Å²) in [4.78, 5) is 0.325. The molecule has 0 amide bonds. The highest BCUT2D eigenvalue weighted by molar-refractivity contribution is 7.89. The first-order chi connectivity index (χ1) is 7.12. The van der Waals surface area contributed by atoms with Crippen LogP contribution >= 0.6 is 0 Å². The highest BCUT2D eigenvalue weighted by Gasteiger charge is 2.21. The lowest BCUT2D eigenvalue weighted by atomic mass is 10.1. The maximum atomic E-state index is 12.0. The largest absolute Gasteiger partial charge is 0.241 e. The predicted octanol–water partition coefficient (Wildman–Crippen LogP) is 2.38. The summed E-state index contributed by atoms with van der Waals surface area (Å²) in [5.74, 6) is 0. The molecule has 3 nitrogen and oxygen atoms in total. The molecule has 0 heterocycles. The Morgan fingerprint density at radius 3 is 2.06 bits per heavy atom. The molecular formula is C12H19NO2S. The average molecular weight is 241 g/mol. The molecule has 0 atom stereocenters. The van der Waals surface area contributed by atoms with Gasteiger partial charge in [0.25, 0.3) is 0 Å². The van der Waals surface area contributed by atoms with E-state index >= 15 is 0 Å². The Morgan fingerprint density at radius 1 is 1.06 bits per heavy atom. The van der Waals surface area contributed by atoms with Gasteiger partial charge in [-0.25, -0.2) is 13.1 Å². The van der Waals surface area contributed by atoms with Gasteiger partial charge in [0.2, 0.25) is 10.0 Å². The minimum atomic E-state index is -3.41. The SMILES string of the molecule is Cc1ccc(S(=O)(=O)NC(C)(C)C)cc1C. The lowest BCUT2D eigenvalue weighted by Gasteiger charge is -2.20. The second-order valence-corrected chi connectivity index (χ2v) is 6.78. The average Bonchev–Trinajstić information content (AvgIpc) is 2.05. The van der Waals surface area contributed by atoms with Crippen molar-refractivity contribution < 1.29 is 8.42 Å². The smallest absolute Gasteiger partial charge is 0.207 e. The number of hydrogen-bond acceptors (Lipinski definition) is 2. The molecule has 1 rings (SSSR count). The van der Waals surface area contributed by atoms with Gasteiger partial charge < -0.3 is 0 Å². The fraction of sp³-hybridized carbons (Fsp3) is 0.500. The fourth-order valence-corrected chi connectivity index (χ4v) is 2.85. The minimum Gasteiger partial charge on any atom is -0.207 e. The molecule has 0 aromatic heterocycles. The third kappa shape index (κ3) is 3.32. The first-order valence-corrected chi connectivity index (χ1v) is 6.71. The van der Waals surface area contributed by atoms with Gasteiger partial charge in [-0.1, -0.05) is 6.07 Å². The molecule has 0 spiro atoms. The van der Waals surface area contributed by atoms with Crippen molar-refractivity contribution in [1.29, 1.82) is 0 Å². The molecule has 16 heavy (non-hydrogen) atoms. The first kappa shape index (κ1) is 13.2. The Hall–Kier alpha value is -0.870. The van der Waals surface area contributed by atoms with Gasteiger partial charge in [0.15, 0.2) is 0 Å². The molecule has 0 aliphatic carbocycles. The second kappa shape index (κ2) is 4.18. The van der Waals surface area contributed by atoms with E-state index in [-0.39, 0.29) is 0 Å². The minimum absolute atomic E-state index is 0.325. The van der Waals surface area contributed by atoms with E-state index < -0.39 is 15.6 Å². The zero-order valence-corrected chi connectivity index (χ0v) is 11.3. The molecule has 1 N–H and O–H groups in total. The number of nitrogens with one attached hydrogen (secondary N) is 1. The molecule has 0 fully saturated rings. The number of aryl methyl sites for hydroxylation is 2. The van der Waals surface area contributed by atoms with Crippen molar-refractivity contribution in [3.8, 4) is 0 Å². The Labute approximate surface area is 97.9 Å². The van der Waals surface area contributed by atoms with E-state index in [1.54, 1.807) is 12.1 Å². The Balaban J connectivity index is 3.13. The summed E-state index contributed by atoms with van der Waals surface area (Å²) < 4.78 is 26.6. The summed E-state index contributed by atoms with van der Waals surface area (Å²) in [6.07, 6.45) is 0. The van der Waals surface area contributed by atoms with Gasteiger partial charge in [-0.3, -0.25) is 0 Å². The zero-order chi connectivity index (χ0) is 12.6. The van der Waals surface area contributed by atoms with E-state index in [1.165, 1.54) is 0 Å². The van der Waals surface area contributed by atoms with E-state index in [2.05, 4.69) is 4.72 Å². The third-order valence-electron chi connectivity index (χ3n) is 2.23. The molecule has 1 aromatic carbocycles. The molecule has 1 aromatic rings. The van der Waals surface area contributed by atoms with Crippen LogP contribution in [0.2, 0.25) is 0 Å². The quantitative estimate of drug-likeness (QED) is 0.864. The predicted molar refractivity (Wildman–Crippen MR) is 66.0 cm³/mol. The van der Waals surface area contributed by atoms with Gasteiger partial charge in [-0.2, -0.15) is 0 Å². The summed E-state index contributed by atoms with van der Waals surface area (Å²) in [5.41, 5.74) is 1.61. The van der Waals surface area contributed by atoms with Crippen LogP contribution < -0.4 is 4.72 Å². The Bertz CT molecular complexity index is 484. The summed E-state index contributed by atoms with van der Waals surface area (Å²) >= 11 is 0. The van der Waals surface area contributed by atoms with E-state index in [0.29, 0.717) is 4.90 Å². The maximum absolute atomic E-state index is 12.0. The number of rotatable bonds is 2. The summed E-state index contributed by atoms with van der Waals surface area (Å²) in [6, 6.07) is 5.16. The summed E-state index contributed by atoms with van der Waals surface area (Å²) in [6.45, 7) is 9.34. The molecule has 0 saturated heterocycles. The molecule has 0 saturated carbocycles. The van der Waals surface area contributed by atoms with Crippen LogP contribution in [0.5, 0.6) is 0 Å². The highest BCUT2D eigenvalue weighted by Crippen LogP contribution is 2.16. The molecule has 4 heteroatoms. The third-order valence-corrected chi connectivity index (χ3v) is 3.98. The van der Waals surface area contributed by atoms with Gasteiger partial charge >= 0.3 is 0 Å². The van der Waals surface area contributed by atoms with E-state index in [0.717, 1.165) is 11.1 Å². The van der Waals surface area contributed by atoms with Gasteiger partial charge in [0, 0.05) is 5.54 Å². The van der Waals surface area contributed by atoms with Crippen LogP contribution in [0, 0.1) is 13.8 Å². The van der Waals surface area contributed by atoms with E-state index in [9.17, 15) is 8.42 Å². The van der Waals surface area contributed by atoms with Crippen LogP contribution in [0.15, 0.2) is 23.1 Å². The molecule has 90 valence electrons. The van der Waals surface area contributed by atoms with Crippen LogP contribution in [-0.4, -0.2) is 14.0 Å². The van der Waals surface area contributed by atoms with Gasteiger partial charge in [0.05, 0.1) is 4.90 Å². The zero-order valence-electron chi connectivity index (χ0n) is 10.5. The van der Waals surface area contributed by atoms with Crippen molar-refractivity contribution in [2.45, 2.75) is 45.1 Å². The molecule has 0 bridgehead atoms. The standard InChI is InChI=1S/C12H19NO2S/c1-9-6-7-11(8-10(9)2)16(14,15)13-12(3,4)5/h6-8,13H,1-5H3. The summed E-state index contributed by atoms with van der Waals surface area (Å²) in [5, 5.41) is 0. The molecular weight excluding hydrogens is 222 g/mol. The summed E-state index contributed by atoms with van der Waals surface area (Å²) in [7, 11) is -3.41. The first-order valence-electron chi connectivity index (χ1n) is 5.23. The highest BCUT2D eigenvalue weighted by atomic mass is 32.2. The molecule has 0 aliphatic rings. The topological polar surface area (TPSA) is 46.2 Å². The van der Waals surface area contributed by atoms with Crippen LogP contribution in [0.1, 0.15) is 31.9 Å². The van der Waals surface area contributed by atoms with Gasteiger partial charge in [0.1, 0.15) is 0 Å². The van der Waals surface area contributed by atoms with Crippen molar-refractivity contribution in [1.82, 2.24) is 4.72 Å². The molecule has 0 aliphatic heterocycles. The van der Waals surface area contributed by atoms with Crippen LogP contribution in [0.25, 0.3) is 0 Å². The number of hydrogen-bond donors (Lipinski definition) is 1.